The van der Waals surface area contributed by atoms with E-state index < -0.39 is 0 Å². The molecule has 3 nitrogen and oxygen atoms in total. The molecule has 3 rings (SSSR count). The summed E-state index contributed by atoms with van der Waals surface area (Å²) in [6.45, 7) is 0.896. The fourth-order valence-electron chi connectivity index (χ4n) is 2.57. The van der Waals surface area contributed by atoms with Crippen LogP contribution in [0, 0.1) is 0 Å². The van der Waals surface area contributed by atoms with Crippen LogP contribution in [0.2, 0.25) is 0 Å². The first-order chi connectivity index (χ1) is 8.33. The van der Waals surface area contributed by atoms with Gasteiger partial charge in [-0.2, -0.15) is 5.10 Å². The van der Waals surface area contributed by atoms with Crippen molar-refractivity contribution in [2.24, 2.45) is 7.05 Å². The summed E-state index contributed by atoms with van der Waals surface area (Å²) >= 11 is 0. The maximum Gasteiger partial charge on any atom is 0.0534 e. The van der Waals surface area contributed by atoms with Crippen molar-refractivity contribution in [1.29, 1.82) is 0 Å². The minimum atomic E-state index is 0.506. The van der Waals surface area contributed by atoms with E-state index in [-0.39, 0.29) is 0 Å². The van der Waals surface area contributed by atoms with E-state index in [0.717, 1.165) is 6.54 Å². The Hall–Kier alpha value is -1.61. The molecule has 1 aromatic heterocycles. The maximum absolute atomic E-state index is 4.18. The molecular formula is C14H17N3. The average Bonchev–Trinajstić information content (AvgIpc) is 2.93. The molecule has 0 fully saturated rings. The van der Waals surface area contributed by atoms with Gasteiger partial charge in [0.25, 0.3) is 0 Å². The van der Waals surface area contributed by atoms with Crippen LogP contribution in [0.25, 0.3) is 0 Å². The first kappa shape index (κ1) is 10.5. The van der Waals surface area contributed by atoms with E-state index in [1.165, 1.54) is 29.5 Å². The Morgan fingerprint density at radius 2 is 2.29 bits per heavy atom. The third kappa shape index (κ3) is 2.11. The van der Waals surface area contributed by atoms with E-state index in [0.29, 0.717) is 6.04 Å². The first-order valence-corrected chi connectivity index (χ1v) is 6.11. The lowest BCUT2D eigenvalue weighted by Crippen LogP contribution is -2.18. The summed E-state index contributed by atoms with van der Waals surface area (Å²) in [5.74, 6) is 0. The molecule has 88 valence electrons. The predicted octanol–water partition coefficient (Wildman–Crippen LogP) is 2.20. The van der Waals surface area contributed by atoms with Crippen LogP contribution < -0.4 is 5.32 Å². The normalized spacial score (nSPS) is 18.3. The Balaban J connectivity index is 1.68. The number of aryl methyl sites for hydroxylation is 2. The summed E-state index contributed by atoms with van der Waals surface area (Å²) in [4.78, 5) is 0. The molecule has 1 aliphatic rings. The molecule has 0 saturated carbocycles. The number of aromatic nitrogens is 2. The number of hydrogen-bond acceptors (Lipinski definition) is 2. The molecule has 0 amide bonds. The second-order valence-corrected chi connectivity index (χ2v) is 4.69. The van der Waals surface area contributed by atoms with E-state index in [4.69, 9.17) is 0 Å². The number of benzene rings is 1. The number of rotatable bonds is 3. The van der Waals surface area contributed by atoms with Crippen molar-refractivity contribution in [3.63, 3.8) is 0 Å². The zero-order valence-electron chi connectivity index (χ0n) is 10.1. The smallest absolute Gasteiger partial charge is 0.0534 e. The Bertz CT molecular complexity index is 516. The fraction of sp³-hybridized carbons (Fsp3) is 0.357. The van der Waals surface area contributed by atoms with E-state index in [9.17, 15) is 0 Å². The second-order valence-electron chi connectivity index (χ2n) is 4.69. The van der Waals surface area contributed by atoms with Crippen LogP contribution >= 0.6 is 0 Å². The Morgan fingerprint density at radius 1 is 1.41 bits per heavy atom. The van der Waals surface area contributed by atoms with Crippen molar-refractivity contribution in [3.8, 4) is 0 Å². The summed E-state index contributed by atoms with van der Waals surface area (Å²) in [5, 5.41) is 7.80. The molecule has 0 radical (unpaired) electrons. The van der Waals surface area contributed by atoms with Crippen molar-refractivity contribution < 1.29 is 0 Å². The fourth-order valence-corrected chi connectivity index (χ4v) is 2.57. The molecule has 0 spiro atoms. The van der Waals surface area contributed by atoms with E-state index in [1.807, 2.05) is 17.9 Å². The predicted molar refractivity (Wildman–Crippen MR) is 67.6 cm³/mol. The van der Waals surface area contributed by atoms with Crippen molar-refractivity contribution in [2.45, 2.75) is 25.4 Å². The molecule has 2 aromatic rings. The van der Waals surface area contributed by atoms with E-state index >= 15 is 0 Å². The molecule has 1 atom stereocenters. The van der Waals surface area contributed by atoms with E-state index in [2.05, 4.69) is 40.9 Å². The van der Waals surface area contributed by atoms with Crippen LogP contribution in [-0.2, 0) is 20.0 Å². The van der Waals surface area contributed by atoms with Gasteiger partial charge in [0.05, 0.1) is 6.20 Å². The second kappa shape index (κ2) is 4.34. The van der Waals surface area contributed by atoms with Gasteiger partial charge in [0.2, 0.25) is 0 Å². The molecule has 0 bridgehead atoms. The Morgan fingerprint density at radius 3 is 3.12 bits per heavy atom. The molecule has 1 unspecified atom stereocenters. The molecule has 17 heavy (non-hydrogen) atoms. The third-order valence-corrected chi connectivity index (χ3v) is 3.44. The van der Waals surface area contributed by atoms with Crippen molar-refractivity contribution in [3.05, 3.63) is 53.3 Å². The zero-order valence-corrected chi connectivity index (χ0v) is 10.1. The molecule has 1 heterocycles. The summed E-state index contributed by atoms with van der Waals surface area (Å²) < 4.78 is 1.85. The van der Waals surface area contributed by atoms with Gasteiger partial charge in [0, 0.05) is 31.4 Å². The van der Waals surface area contributed by atoms with Gasteiger partial charge in [-0.1, -0.05) is 24.3 Å². The molecular weight excluding hydrogens is 210 g/mol. The van der Waals surface area contributed by atoms with Gasteiger partial charge >= 0.3 is 0 Å². The van der Waals surface area contributed by atoms with Crippen LogP contribution in [0.1, 0.15) is 29.2 Å². The van der Waals surface area contributed by atoms with Crippen LogP contribution in [0.15, 0.2) is 36.7 Å². The van der Waals surface area contributed by atoms with Crippen LogP contribution in [-0.4, -0.2) is 9.78 Å². The molecule has 1 aromatic carbocycles. The van der Waals surface area contributed by atoms with Gasteiger partial charge in [-0.15, -0.1) is 0 Å². The maximum atomic E-state index is 4.18. The molecule has 1 N–H and O–H groups in total. The lowest BCUT2D eigenvalue weighted by Gasteiger charge is -2.12. The lowest BCUT2D eigenvalue weighted by atomic mass is 10.1. The largest absolute Gasteiger partial charge is 0.306 e. The van der Waals surface area contributed by atoms with Crippen LogP contribution in [0.4, 0.5) is 0 Å². The standard InChI is InChI=1S/C14H17N3/c1-17-10-11(9-16-17)8-15-14-7-6-12-4-2-3-5-13(12)14/h2-5,9-10,14-15H,6-8H2,1H3. The lowest BCUT2D eigenvalue weighted by molar-refractivity contribution is 0.530. The molecule has 3 heteroatoms. The highest BCUT2D eigenvalue weighted by molar-refractivity contribution is 5.34. The molecule has 0 aliphatic heterocycles. The topological polar surface area (TPSA) is 29.9 Å². The van der Waals surface area contributed by atoms with Gasteiger partial charge in [0.1, 0.15) is 0 Å². The Labute approximate surface area is 101 Å². The first-order valence-electron chi connectivity index (χ1n) is 6.11. The number of nitrogens with one attached hydrogen (secondary N) is 1. The van der Waals surface area contributed by atoms with Gasteiger partial charge < -0.3 is 5.32 Å². The number of fused-ring (bicyclic) bond motifs is 1. The number of hydrogen-bond donors (Lipinski definition) is 1. The highest BCUT2D eigenvalue weighted by Crippen LogP contribution is 2.30. The summed E-state index contributed by atoms with van der Waals surface area (Å²) in [7, 11) is 1.95. The van der Waals surface area contributed by atoms with Crippen LogP contribution in [0.3, 0.4) is 0 Å². The highest BCUT2D eigenvalue weighted by Gasteiger charge is 2.20. The minimum absolute atomic E-state index is 0.506. The van der Waals surface area contributed by atoms with Crippen molar-refractivity contribution in [1.82, 2.24) is 15.1 Å². The van der Waals surface area contributed by atoms with E-state index in [1.54, 1.807) is 0 Å². The summed E-state index contributed by atoms with van der Waals surface area (Å²) in [6, 6.07) is 9.24. The quantitative estimate of drug-likeness (QED) is 0.871. The van der Waals surface area contributed by atoms with Gasteiger partial charge in [-0.3, -0.25) is 4.68 Å². The highest BCUT2D eigenvalue weighted by atomic mass is 15.2. The average molecular weight is 227 g/mol. The third-order valence-electron chi connectivity index (χ3n) is 3.44. The Kier molecular flexibility index (Phi) is 2.69. The monoisotopic (exact) mass is 227 g/mol. The number of nitrogens with zero attached hydrogens (tertiary/aromatic N) is 2. The minimum Gasteiger partial charge on any atom is -0.306 e. The van der Waals surface area contributed by atoms with Crippen LogP contribution in [0.5, 0.6) is 0 Å². The van der Waals surface area contributed by atoms with Crippen molar-refractivity contribution >= 4 is 0 Å². The van der Waals surface area contributed by atoms with Gasteiger partial charge in [0.15, 0.2) is 0 Å². The zero-order chi connectivity index (χ0) is 11.7. The van der Waals surface area contributed by atoms with Gasteiger partial charge in [-0.05, 0) is 24.0 Å². The summed E-state index contributed by atoms with van der Waals surface area (Å²) in [6.07, 6.45) is 6.39. The molecule has 1 aliphatic carbocycles. The molecule has 0 saturated heterocycles. The SMILES string of the molecule is Cn1cc(CNC2CCc3ccccc32)cn1. The van der Waals surface area contributed by atoms with Crippen molar-refractivity contribution in [2.75, 3.05) is 0 Å². The summed E-state index contributed by atoms with van der Waals surface area (Å²) in [5.41, 5.74) is 4.21. The van der Waals surface area contributed by atoms with Gasteiger partial charge in [-0.25, -0.2) is 0 Å².